The Morgan fingerprint density at radius 1 is 1.35 bits per heavy atom. The standard InChI is InChI=1S/C12H15N3OS/c1-12(2,11-13-7-8-17-11)15-9-5-4-6-10(14-9)16-3/h4-8H,1-3H3,(H,14,15). The van der Waals surface area contributed by atoms with E-state index in [4.69, 9.17) is 4.74 Å². The Balaban J connectivity index is 2.20. The van der Waals surface area contributed by atoms with Crippen molar-refractivity contribution in [1.82, 2.24) is 9.97 Å². The minimum absolute atomic E-state index is 0.243. The van der Waals surface area contributed by atoms with Crippen molar-refractivity contribution in [3.63, 3.8) is 0 Å². The Kier molecular flexibility index (Phi) is 3.28. The largest absolute Gasteiger partial charge is 0.481 e. The van der Waals surface area contributed by atoms with Gasteiger partial charge >= 0.3 is 0 Å². The van der Waals surface area contributed by atoms with Gasteiger partial charge in [-0.25, -0.2) is 4.98 Å². The van der Waals surface area contributed by atoms with Gasteiger partial charge in [-0.1, -0.05) is 6.07 Å². The van der Waals surface area contributed by atoms with Crippen LogP contribution in [0.15, 0.2) is 29.8 Å². The normalized spacial score (nSPS) is 11.2. The fourth-order valence-electron chi connectivity index (χ4n) is 1.50. The van der Waals surface area contributed by atoms with Gasteiger partial charge in [0, 0.05) is 17.6 Å². The van der Waals surface area contributed by atoms with Crippen LogP contribution in [0, 0.1) is 0 Å². The predicted octanol–water partition coefficient (Wildman–Crippen LogP) is 2.89. The molecule has 0 atom stereocenters. The third kappa shape index (κ3) is 2.74. The zero-order chi connectivity index (χ0) is 12.3. The molecule has 0 aromatic carbocycles. The number of thiazole rings is 1. The van der Waals surface area contributed by atoms with Crippen LogP contribution in [0.25, 0.3) is 0 Å². The van der Waals surface area contributed by atoms with Crippen LogP contribution in [-0.4, -0.2) is 17.1 Å². The van der Waals surface area contributed by atoms with Gasteiger partial charge in [0.1, 0.15) is 10.8 Å². The van der Waals surface area contributed by atoms with E-state index >= 15 is 0 Å². The van der Waals surface area contributed by atoms with Gasteiger partial charge in [0.15, 0.2) is 0 Å². The molecular weight excluding hydrogens is 234 g/mol. The lowest BCUT2D eigenvalue weighted by atomic mass is 10.1. The number of pyridine rings is 1. The average Bonchev–Trinajstić information content (AvgIpc) is 2.83. The maximum atomic E-state index is 5.10. The molecule has 0 bridgehead atoms. The first-order valence-electron chi connectivity index (χ1n) is 5.31. The van der Waals surface area contributed by atoms with E-state index in [1.165, 1.54) is 0 Å². The number of hydrogen-bond donors (Lipinski definition) is 1. The number of hydrogen-bond acceptors (Lipinski definition) is 5. The molecule has 2 rings (SSSR count). The minimum Gasteiger partial charge on any atom is -0.481 e. The molecule has 90 valence electrons. The number of nitrogens with zero attached hydrogens (tertiary/aromatic N) is 2. The molecule has 0 amide bonds. The Hall–Kier alpha value is -1.62. The van der Waals surface area contributed by atoms with E-state index in [-0.39, 0.29) is 5.54 Å². The zero-order valence-corrected chi connectivity index (χ0v) is 10.9. The molecule has 1 N–H and O–H groups in total. The summed E-state index contributed by atoms with van der Waals surface area (Å²) in [6, 6.07) is 5.64. The van der Waals surface area contributed by atoms with Gasteiger partial charge in [0.25, 0.3) is 0 Å². The van der Waals surface area contributed by atoms with E-state index < -0.39 is 0 Å². The maximum Gasteiger partial charge on any atom is 0.214 e. The molecule has 17 heavy (non-hydrogen) atoms. The second-order valence-electron chi connectivity index (χ2n) is 4.15. The van der Waals surface area contributed by atoms with Crippen LogP contribution >= 0.6 is 11.3 Å². The summed E-state index contributed by atoms with van der Waals surface area (Å²) in [6.45, 7) is 4.15. The zero-order valence-electron chi connectivity index (χ0n) is 10.1. The lowest BCUT2D eigenvalue weighted by Gasteiger charge is -2.24. The van der Waals surface area contributed by atoms with Crippen LogP contribution in [0.2, 0.25) is 0 Å². The molecule has 5 heteroatoms. The summed E-state index contributed by atoms with van der Waals surface area (Å²) in [5, 5.41) is 6.35. The number of methoxy groups -OCH3 is 1. The third-order valence-corrected chi connectivity index (χ3v) is 3.44. The fourth-order valence-corrected chi connectivity index (χ4v) is 2.22. The highest BCUT2D eigenvalue weighted by Gasteiger charge is 2.23. The Labute approximate surface area is 105 Å². The summed E-state index contributed by atoms with van der Waals surface area (Å²) < 4.78 is 5.10. The Morgan fingerprint density at radius 3 is 2.82 bits per heavy atom. The molecular formula is C12H15N3OS. The van der Waals surface area contributed by atoms with E-state index in [0.29, 0.717) is 5.88 Å². The van der Waals surface area contributed by atoms with Crippen molar-refractivity contribution in [2.45, 2.75) is 19.4 Å². The molecule has 2 aromatic rings. The van der Waals surface area contributed by atoms with Crippen LogP contribution in [0.5, 0.6) is 5.88 Å². The average molecular weight is 249 g/mol. The molecule has 0 fully saturated rings. The molecule has 0 radical (unpaired) electrons. The molecule has 0 aliphatic carbocycles. The highest BCUT2D eigenvalue weighted by atomic mass is 32.1. The molecule has 0 spiro atoms. The number of nitrogens with one attached hydrogen (secondary N) is 1. The summed E-state index contributed by atoms with van der Waals surface area (Å²) in [7, 11) is 1.61. The highest BCUT2D eigenvalue weighted by molar-refractivity contribution is 7.09. The van der Waals surface area contributed by atoms with Crippen LogP contribution < -0.4 is 10.1 Å². The quantitative estimate of drug-likeness (QED) is 0.905. The second kappa shape index (κ2) is 4.71. The topological polar surface area (TPSA) is 47.0 Å². The number of ether oxygens (including phenoxy) is 1. The van der Waals surface area contributed by atoms with Crippen molar-refractivity contribution in [2.75, 3.05) is 12.4 Å². The minimum atomic E-state index is -0.243. The second-order valence-corrected chi connectivity index (χ2v) is 5.05. The molecule has 2 heterocycles. The van der Waals surface area contributed by atoms with Gasteiger partial charge in [-0.2, -0.15) is 4.98 Å². The SMILES string of the molecule is COc1cccc(NC(C)(C)c2nccs2)n1. The molecule has 4 nitrogen and oxygen atoms in total. The smallest absolute Gasteiger partial charge is 0.214 e. The molecule has 0 unspecified atom stereocenters. The third-order valence-electron chi connectivity index (χ3n) is 2.34. The summed E-state index contributed by atoms with van der Waals surface area (Å²) in [4.78, 5) is 8.65. The Morgan fingerprint density at radius 2 is 2.18 bits per heavy atom. The number of rotatable bonds is 4. The lowest BCUT2D eigenvalue weighted by Crippen LogP contribution is -2.28. The summed E-state index contributed by atoms with van der Waals surface area (Å²) in [5.41, 5.74) is -0.243. The van der Waals surface area contributed by atoms with Gasteiger partial charge in [-0.15, -0.1) is 11.3 Å². The van der Waals surface area contributed by atoms with Crippen LogP contribution in [0.1, 0.15) is 18.9 Å². The summed E-state index contributed by atoms with van der Waals surface area (Å²) >= 11 is 1.63. The highest BCUT2D eigenvalue weighted by Crippen LogP contribution is 2.26. The molecule has 0 aliphatic heterocycles. The monoisotopic (exact) mass is 249 g/mol. The predicted molar refractivity (Wildman–Crippen MR) is 69.6 cm³/mol. The van der Waals surface area contributed by atoms with Crippen molar-refractivity contribution in [3.05, 3.63) is 34.8 Å². The molecule has 0 saturated carbocycles. The van der Waals surface area contributed by atoms with E-state index in [1.807, 2.05) is 29.8 Å². The van der Waals surface area contributed by atoms with E-state index in [1.54, 1.807) is 18.4 Å². The van der Waals surface area contributed by atoms with Crippen molar-refractivity contribution in [3.8, 4) is 5.88 Å². The maximum absolute atomic E-state index is 5.10. The van der Waals surface area contributed by atoms with Crippen molar-refractivity contribution in [2.24, 2.45) is 0 Å². The molecule has 2 aromatic heterocycles. The number of anilines is 1. The van der Waals surface area contributed by atoms with Gasteiger partial charge in [-0.05, 0) is 19.9 Å². The van der Waals surface area contributed by atoms with Crippen molar-refractivity contribution >= 4 is 17.2 Å². The van der Waals surface area contributed by atoms with Gasteiger partial charge in [-0.3, -0.25) is 0 Å². The van der Waals surface area contributed by atoms with Gasteiger partial charge in [0.05, 0.1) is 12.6 Å². The number of aromatic nitrogens is 2. The first kappa shape index (κ1) is 11.9. The fraction of sp³-hybridized carbons (Fsp3) is 0.333. The van der Waals surface area contributed by atoms with Crippen LogP contribution in [0.3, 0.4) is 0 Å². The van der Waals surface area contributed by atoms with Crippen LogP contribution in [0.4, 0.5) is 5.82 Å². The van der Waals surface area contributed by atoms with Gasteiger partial charge in [0.2, 0.25) is 5.88 Å². The molecule has 0 saturated heterocycles. The van der Waals surface area contributed by atoms with E-state index in [9.17, 15) is 0 Å². The molecule has 0 aliphatic rings. The van der Waals surface area contributed by atoms with Gasteiger partial charge < -0.3 is 10.1 Å². The van der Waals surface area contributed by atoms with Crippen molar-refractivity contribution < 1.29 is 4.74 Å². The first-order valence-corrected chi connectivity index (χ1v) is 6.19. The lowest BCUT2D eigenvalue weighted by molar-refractivity contribution is 0.398. The van der Waals surface area contributed by atoms with Crippen molar-refractivity contribution in [1.29, 1.82) is 0 Å². The summed E-state index contributed by atoms with van der Waals surface area (Å²) in [6.07, 6.45) is 1.81. The van der Waals surface area contributed by atoms with E-state index in [2.05, 4.69) is 29.1 Å². The first-order chi connectivity index (χ1) is 8.12. The van der Waals surface area contributed by atoms with E-state index in [0.717, 1.165) is 10.8 Å². The van der Waals surface area contributed by atoms with Crippen LogP contribution in [-0.2, 0) is 5.54 Å². The Bertz CT molecular complexity index is 482. The summed E-state index contributed by atoms with van der Waals surface area (Å²) in [5.74, 6) is 1.38.